The maximum Gasteiger partial charge on any atom is 0.290 e. The third-order valence-electron chi connectivity index (χ3n) is 1.47. The van der Waals surface area contributed by atoms with Crippen LogP contribution in [0.5, 0.6) is 17.2 Å². The molecule has 0 atom stereocenters. The largest absolute Gasteiger partial charge is 0.504 e. The first kappa shape index (κ1) is 10.8. The van der Waals surface area contributed by atoms with Gasteiger partial charge in [0.15, 0.2) is 11.5 Å². The van der Waals surface area contributed by atoms with E-state index in [1.165, 1.54) is 0 Å². The third kappa shape index (κ3) is 1.67. The number of hydrogen-bond acceptors (Lipinski definition) is 6. The van der Waals surface area contributed by atoms with E-state index >= 15 is 0 Å². The number of benzene rings is 1. The predicted molar refractivity (Wildman–Crippen MR) is 45.5 cm³/mol. The molecular formula is C6H5O6SSi. The number of phenols is 3. The summed E-state index contributed by atoms with van der Waals surface area (Å²) >= 11 is 0. The van der Waals surface area contributed by atoms with Crippen molar-refractivity contribution in [2.75, 3.05) is 0 Å². The topological polar surface area (TPSA) is 104 Å². The molecule has 0 bridgehead atoms. The Morgan fingerprint density at radius 1 is 1.14 bits per heavy atom. The summed E-state index contributed by atoms with van der Waals surface area (Å²) in [5, 5.41) is 27.1. The van der Waals surface area contributed by atoms with Gasteiger partial charge in [0.1, 0.15) is 4.90 Å². The van der Waals surface area contributed by atoms with E-state index in [0.29, 0.717) is 0 Å². The zero-order valence-electron chi connectivity index (χ0n) is 6.63. The van der Waals surface area contributed by atoms with Gasteiger partial charge in [-0.25, -0.2) is 0 Å². The van der Waals surface area contributed by atoms with Gasteiger partial charge in [-0.3, -0.25) is 0 Å². The summed E-state index contributed by atoms with van der Waals surface area (Å²) in [6, 6.07) is 1.80. The van der Waals surface area contributed by atoms with E-state index < -0.39 is 32.3 Å². The molecule has 8 heteroatoms. The van der Waals surface area contributed by atoms with Crippen LogP contribution in [0.4, 0.5) is 0 Å². The highest BCUT2D eigenvalue weighted by Crippen LogP contribution is 2.39. The first-order chi connectivity index (χ1) is 6.40. The van der Waals surface area contributed by atoms with Crippen LogP contribution in [0.15, 0.2) is 17.0 Å². The summed E-state index contributed by atoms with van der Waals surface area (Å²) in [6.07, 6.45) is 0. The van der Waals surface area contributed by atoms with E-state index in [0.717, 1.165) is 12.1 Å². The van der Waals surface area contributed by atoms with Crippen molar-refractivity contribution in [1.29, 1.82) is 0 Å². The van der Waals surface area contributed by atoms with Crippen LogP contribution >= 0.6 is 0 Å². The summed E-state index contributed by atoms with van der Waals surface area (Å²) < 4.78 is 26.0. The van der Waals surface area contributed by atoms with Gasteiger partial charge in [0.05, 0.1) is 0 Å². The number of hydrogen-bond donors (Lipinski definition) is 3. The molecule has 6 nitrogen and oxygen atoms in total. The maximum atomic E-state index is 11.1. The molecule has 0 amide bonds. The van der Waals surface area contributed by atoms with E-state index in [-0.39, 0.29) is 0 Å². The Bertz CT molecular complexity index is 454. The second-order valence-corrected chi connectivity index (χ2v) is 4.33. The van der Waals surface area contributed by atoms with Crippen LogP contribution in [0.1, 0.15) is 0 Å². The van der Waals surface area contributed by atoms with Gasteiger partial charge in [-0.1, -0.05) is 0 Å². The molecule has 0 unspecified atom stereocenters. The molecule has 0 aliphatic heterocycles. The molecule has 0 fully saturated rings. The van der Waals surface area contributed by atoms with E-state index in [4.69, 9.17) is 15.3 Å². The van der Waals surface area contributed by atoms with Crippen molar-refractivity contribution in [3.05, 3.63) is 12.1 Å². The molecular weight excluding hydrogens is 228 g/mol. The van der Waals surface area contributed by atoms with Crippen molar-refractivity contribution in [3.63, 3.8) is 0 Å². The highest BCUT2D eigenvalue weighted by Gasteiger charge is 2.22. The Morgan fingerprint density at radius 3 is 2.21 bits per heavy atom. The lowest BCUT2D eigenvalue weighted by molar-refractivity contribution is 0.359. The lowest BCUT2D eigenvalue weighted by Crippen LogP contribution is -2.03. The van der Waals surface area contributed by atoms with Crippen LogP contribution in [0.25, 0.3) is 0 Å². The van der Waals surface area contributed by atoms with Crippen LogP contribution < -0.4 is 0 Å². The Balaban J connectivity index is 3.47. The highest BCUT2D eigenvalue weighted by molar-refractivity contribution is 7.87. The van der Waals surface area contributed by atoms with Gasteiger partial charge in [0.2, 0.25) is 5.75 Å². The van der Waals surface area contributed by atoms with Crippen LogP contribution in [0.3, 0.4) is 0 Å². The van der Waals surface area contributed by atoms with E-state index in [9.17, 15) is 8.42 Å². The second-order valence-electron chi connectivity index (χ2n) is 2.32. The Kier molecular flexibility index (Phi) is 2.69. The number of rotatable bonds is 2. The zero-order chi connectivity index (χ0) is 10.9. The first-order valence-electron chi connectivity index (χ1n) is 3.24. The smallest absolute Gasteiger partial charge is 0.290 e. The molecule has 0 saturated heterocycles. The van der Waals surface area contributed by atoms with Crippen molar-refractivity contribution in [3.8, 4) is 17.2 Å². The molecule has 3 N–H and O–H groups in total. The molecule has 0 spiro atoms. The number of phenolic OH excluding ortho intramolecular Hbond substituents is 3. The fraction of sp³-hybridized carbons (Fsp3) is 0. The van der Waals surface area contributed by atoms with Gasteiger partial charge in [-0.05, 0) is 12.1 Å². The van der Waals surface area contributed by atoms with Crippen molar-refractivity contribution in [1.82, 2.24) is 0 Å². The second kappa shape index (κ2) is 3.48. The zero-order valence-corrected chi connectivity index (χ0v) is 8.45. The fourth-order valence-electron chi connectivity index (χ4n) is 0.797. The van der Waals surface area contributed by atoms with E-state index in [2.05, 4.69) is 14.4 Å². The van der Waals surface area contributed by atoms with E-state index in [1.54, 1.807) is 0 Å². The maximum absolute atomic E-state index is 11.1. The molecule has 1 aromatic rings. The summed E-state index contributed by atoms with van der Waals surface area (Å²) in [5.41, 5.74) is 0. The molecule has 0 aliphatic rings. The van der Waals surface area contributed by atoms with Crippen molar-refractivity contribution in [2.45, 2.75) is 4.90 Å². The SMILES string of the molecule is O=S(=O)(O[Si])c1ccc(O)c(O)c1O. The Labute approximate surface area is 83.1 Å². The Morgan fingerprint density at radius 2 is 1.71 bits per heavy atom. The van der Waals surface area contributed by atoms with Gasteiger partial charge < -0.3 is 19.2 Å². The average Bonchev–Trinajstić information content (AvgIpc) is 2.14. The molecule has 75 valence electrons. The standard InChI is InChI=1S/C6H5O6SSi/c7-3-1-2-4(6(9)5(3)8)13(10,11)12-14/h1-2,7-9H. The lowest BCUT2D eigenvalue weighted by atomic mass is 10.3. The molecule has 0 aliphatic carbocycles. The quantitative estimate of drug-likeness (QED) is 0.474. The van der Waals surface area contributed by atoms with Crippen molar-refractivity contribution >= 4 is 20.6 Å². The summed E-state index contributed by atoms with van der Waals surface area (Å²) in [4.78, 5) is -0.650. The minimum Gasteiger partial charge on any atom is -0.504 e. The van der Waals surface area contributed by atoms with Gasteiger partial charge >= 0.3 is 0 Å². The van der Waals surface area contributed by atoms with Gasteiger partial charge in [-0.15, -0.1) is 0 Å². The van der Waals surface area contributed by atoms with Crippen LogP contribution in [0.2, 0.25) is 0 Å². The lowest BCUT2D eigenvalue weighted by Gasteiger charge is -2.06. The van der Waals surface area contributed by atoms with Crippen LogP contribution in [-0.4, -0.2) is 34.2 Å². The van der Waals surface area contributed by atoms with Gasteiger partial charge in [0, 0.05) is 0 Å². The molecule has 1 rings (SSSR count). The molecule has 1 aromatic carbocycles. The molecule has 0 heterocycles. The monoisotopic (exact) mass is 233 g/mol. The molecule has 0 saturated carbocycles. The molecule has 14 heavy (non-hydrogen) atoms. The molecule has 3 radical (unpaired) electrons. The minimum atomic E-state index is -4.18. The van der Waals surface area contributed by atoms with E-state index in [1.807, 2.05) is 0 Å². The summed E-state index contributed by atoms with van der Waals surface area (Å²) in [5.74, 6) is -2.52. The highest BCUT2D eigenvalue weighted by atomic mass is 32.2. The van der Waals surface area contributed by atoms with Crippen LogP contribution in [0, 0.1) is 0 Å². The summed E-state index contributed by atoms with van der Waals surface area (Å²) in [7, 11) is -1.88. The fourth-order valence-corrected chi connectivity index (χ4v) is 1.72. The number of aromatic hydroxyl groups is 3. The third-order valence-corrected chi connectivity index (χ3v) is 3.22. The first-order valence-corrected chi connectivity index (χ1v) is 5.06. The normalized spacial score (nSPS) is 11.5. The van der Waals surface area contributed by atoms with Crippen molar-refractivity contribution < 1.29 is 27.6 Å². The molecule has 0 aromatic heterocycles. The van der Waals surface area contributed by atoms with Gasteiger partial charge in [-0.2, -0.15) is 8.42 Å². The van der Waals surface area contributed by atoms with Crippen LogP contribution in [-0.2, 0) is 14.0 Å². The summed E-state index contributed by atoms with van der Waals surface area (Å²) in [6.45, 7) is 0. The van der Waals surface area contributed by atoms with Gasteiger partial charge in [0.25, 0.3) is 20.6 Å². The minimum absolute atomic E-state index is 0.629. The Hall–Kier alpha value is -1.25. The van der Waals surface area contributed by atoms with Crippen molar-refractivity contribution in [2.24, 2.45) is 0 Å². The average molecular weight is 233 g/mol. The predicted octanol–water partition coefficient (Wildman–Crippen LogP) is -0.408.